The number of carbonyl (C=O) groups excluding carboxylic acids is 2. The molecule has 2 rings (SSSR count). The second-order valence-electron chi connectivity index (χ2n) is 8.30. The van der Waals surface area contributed by atoms with Gasteiger partial charge in [0.25, 0.3) is 0 Å². The molecule has 0 aliphatic heterocycles. The van der Waals surface area contributed by atoms with Gasteiger partial charge >= 0.3 is 5.97 Å². The van der Waals surface area contributed by atoms with Crippen molar-refractivity contribution in [1.29, 1.82) is 0 Å². The summed E-state index contributed by atoms with van der Waals surface area (Å²) in [5.41, 5.74) is 1.10. The Balaban J connectivity index is 1.81. The molecule has 1 aromatic carbocycles. The molecular formula is C23H35NO4. The van der Waals surface area contributed by atoms with Gasteiger partial charge in [0.2, 0.25) is 5.91 Å². The quantitative estimate of drug-likeness (QED) is 0.649. The van der Waals surface area contributed by atoms with Crippen LogP contribution in [0.4, 0.5) is 0 Å². The zero-order valence-electron chi connectivity index (χ0n) is 17.7. The molecule has 1 aliphatic rings. The largest absolute Gasteiger partial charge is 0.493 e. The van der Waals surface area contributed by atoms with Gasteiger partial charge in [0.15, 0.2) is 0 Å². The molecule has 1 amide bonds. The first-order valence-corrected chi connectivity index (χ1v) is 10.5. The number of rotatable bonds is 9. The van der Waals surface area contributed by atoms with Gasteiger partial charge in [-0.25, -0.2) is 0 Å². The SMILES string of the molecule is COC(=O)CCOc1cccc(CCNC(=O)[C@@H]2CC(C)CC[C@H]2C(C)C)c1. The van der Waals surface area contributed by atoms with E-state index in [4.69, 9.17) is 4.74 Å². The number of amides is 1. The molecule has 1 unspecified atom stereocenters. The summed E-state index contributed by atoms with van der Waals surface area (Å²) < 4.78 is 10.2. The summed E-state index contributed by atoms with van der Waals surface area (Å²) >= 11 is 0. The normalized spacial score (nSPS) is 22.0. The highest BCUT2D eigenvalue weighted by Gasteiger charge is 2.35. The van der Waals surface area contributed by atoms with E-state index in [0.717, 1.165) is 30.6 Å². The molecule has 1 aliphatic carbocycles. The molecule has 1 saturated carbocycles. The molecule has 1 N–H and O–H groups in total. The van der Waals surface area contributed by atoms with E-state index in [2.05, 4.69) is 30.8 Å². The number of ether oxygens (including phenoxy) is 2. The predicted molar refractivity (Wildman–Crippen MR) is 110 cm³/mol. The minimum absolute atomic E-state index is 0.136. The Morgan fingerprint density at radius 3 is 2.75 bits per heavy atom. The van der Waals surface area contributed by atoms with E-state index < -0.39 is 0 Å². The van der Waals surface area contributed by atoms with E-state index in [1.807, 2.05) is 24.3 Å². The lowest BCUT2D eigenvalue weighted by Crippen LogP contribution is -2.40. The van der Waals surface area contributed by atoms with Crippen LogP contribution in [0.3, 0.4) is 0 Å². The Bertz CT molecular complexity index is 643. The van der Waals surface area contributed by atoms with E-state index >= 15 is 0 Å². The van der Waals surface area contributed by atoms with E-state index in [9.17, 15) is 9.59 Å². The third-order valence-corrected chi connectivity index (χ3v) is 5.77. The lowest BCUT2D eigenvalue weighted by atomic mass is 9.70. The number of carbonyl (C=O) groups is 2. The second kappa shape index (κ2) is 11.1. The maximum Gasteiger partial charge on any atom is 0.308 e. The number of hydrogen-bond donors (Lipinski definition) is 1. The Kier molecular flexibility index (Phi) is 8.81. The van der Waals surface area contributed by atoms with Gasteiger partial charge in [-0.1, -0.05) is 39.3 Å². The van der Waals surface area contributed by atoms with E-state index in [0.29, 0.717) is 30.9 Å². The number of esters is 1. The fourth-order valence-corrected chi connectivity index (χ4v) is 4.11. The summed E-state index contributed by atoms with van der Waals surface area (Å²) in [7, 11) is 1.37. The highest BCUT2D eigenvalue weighted by atomic mass is 16.5. The van der Waals surface area contributed by atoms with Gasteiger partial charge in [0.1, 0.15) is 5.75 Å². The maximum atomic E-state index is 12.8. The molecule has 0 bridgehead atoms. The molecule has 1 aromatic rings. The van der Waals surface area contributed by atoms with Crippen LogP contribution in [0.1, 0.15) is 52.0 Å². The third-order valence-electron chi connectivity index (χ3n) is 5.77. The first-order chi connectivity index (χ1) is 13.4. The highest BCUT2D eigenvalue weighted by Crippen LogP contribution is 2.38. The van der Waals surface area contributed by atoms with Crippen LogP contribution in [0, 0.1) is 23.7 Å². The van der Waals surface area contributed by atoms with Crippen molar-refractivity contribution in [1.82, 2.24) is 5.32 Å². The average molecular weight is 390 g/mol. The lowest BCUT2D eigenvalue weighted by molar-refractivity contribution is -0.141. The third kappa shape index (κ3) is 6.84. The number of hydrogen-bond acceptors (Lipinski definition) is 4. The molecule has 5 nitrogen and oxygen atoms in total. The van der Waals surface area contributed by atoms with E-state index in [1.165, 1.54) is 13.5 Å². The van der Waals surface area contributed by atoms with Gasteiger partial charge in [-0.3, -0.25) is 9.59 Å². The summed E-state index contributed by atoms with van der Waals surface area (Å²) in [6.45, 7) is 7.63. The number of benzene rings is 1. The number of methoxy groups -OCH3 is 1. The van der Waals surface area contributed by atoms with Crippen LogP contribution < -0.4 is 10.1 Å². The number of nitrogens with one attached hydrogen (secondary N) is 1. The highest BCUT2D eigenvalue weighted by molar-refractivity contribution is 5.79. The fourth-order valence-electron chi connectivity index (χ4n) is 4.11. The van der Waals surface area contributed by atoms with Crippen LogP contribution in [0.15, 0.2) is 24.3 Å². The van der Waals surface area contributed by atoms with Crippen molar-refractivity contribution < 1.29 is 19.1 Å². The topological polar surface area (TPSA) is 64.6 Å². The predicted octanol–water partition coefficient (Wildman–Crippen LogP) is 4.00. The van der Waals surface area contributed by atoms with E-state index in [-0.39, 0.29) is 24.2 Å². The molecule has 156 valence electrons. The van der Waals surface area contributed by atoms with Gasteiger partial charge in [-0.15, -0.1) is 0 Å². The standard InChI is InChI=1S/C23H35NO4/c1-16(2)20-9-8-17(3)14-21(20)23(26)24-12-10-18-6-5-7-19(15-18)28-13-11-22(25)27-4/h5-7,15-17,20-21H,8-14H2,1-4H3,(H,24,26)/t17?,20-,21+/m0/s1. The van der Waals surface area contributed by atoms with Crippen molar-refractivity contribution in [2.45, 2.75) is 52.9 Å². The summed E-state index contributed by atoms with van der Waals surface area (Å²) in [6, 6.07) is 7.79. The molecule has 0 heterocycles. The van der Waals surface area contributed by atoms with Crippen LogP contribution in [-0.4, -0.2) is 32.1 Å². The minimum Gasteiger partial charge on any atom is -0.493 e. The molecule has 0 spiro atoms. The summed E-state index contributed by atoms with van der Waals surface area (Å²) in [6.07, 6.45) is 4.37. The summed E-state index contributed by atoms with van der Waals surface area (Å²) in [5.74, 6) is 2.45. The summed E-state index contributed by atoms with van der Waals surface area (Å²) in [5, 5.41) is 3.15. The van der Waals surface area contributed by atoms with Crippen molar-refractivity contribution in [2.24, 2.45) is 23.7 Å². The molecule has 5 heteroatoms. The maximum absolute atomic E-state index is 12.8. The monoisotopic (exact) mass is 389 g/mol. The molecule has 0 radical (unpaired) electrons. The molecular weight excluding hydrogens is 354 g/mol. The van der Waals surface area contributed by atoms with E-state index in [1.54, 1.807) is 0 Å². The van der Waals surface area contributed by atoms with Gasteiger partial charge < -0.3 is 14.8 Å². The Morgan fingerprint density at radius 2 is 2.04 bits per heavy atom. The van der Waals surface area contributed by atoms with Crippen LogP contribution in [0.2, 0.25) is 0 Å². The molecule has 1 fully saturated rings. The Morgan fingerprint density at radius 1 is 1.25 bits per heavy atom. The van der Waals surface area contributed by atoms with Gasteiger partial charge in [0.05, 0.1) is 20.1 Å². The zero-order chi connectivity index (χ0) is 20.5. The Hall–Kier alpha value is -2.04. The van der Waals surface area contributed by atoms with Crippen LogP contribution in [0.25, 0.3) is 0 Å². The van der Waals surface area contributed by atoms with Crippen molar-refractivity contribution >= 4 is 11.9 Å². The van der Waals surface area contributed by atoms with Crippen LogP contribution in [-0.2, 0) is 20.7 Å². The summed E-state index contributed by atoms with van der Waals surface area (Å²) in [4.78, 5) is 23.9. The molecule has 0 aromatic heterocycles. The molecule has 3 atom stereocenters. The average Bonchev–Trinajstić information content (AvgIpc) is 2.67. The first-order valence-electron chi connectivity index (χ1n) is 10.5. The van der Waals surface area contributed by atoms with Crippen molar-refractivity contribution in [2.75, 3.05) is 20.3 Å². The molecule has 0 saturated heterocycles. The van der Waals surface area contributed by atoms with Crippen molar-refractivity contribution in [3.8, 4) is 5.75 Å². The Labute approximate surface area is 169 Å². The minimum atomic E-state index is -0.282. The second-order valence-corrected chi connectivity index (χ2v) is 8.30. The molecule has 28 heavy (non-hydrogen) atoms. The van der Waals surface area contributed by atoms with Crippen LogP contribution >= 0.6 is 0 Å². The van der Waals surface area contributed by atoms with Crippen molar-refractivity contribution in [3.63, 3.8) is 0 Å². The fraction of sp³-hybridized carbons (Fsp3) is 0.652. The zero-order valence-corrected chi connectivity index (χ0v) is 17.7. The first kappa shape index (κ1) is 22.3. The van der Waals surface area contributed by atoms with Gasteiger partial charge in [0, 0.05) is 12.5 Å². The van der Waals surface area contributed by atoms with Crippen molar-refractivity contribution in [3.05, 3.63) is 29.8 Å². The van der Waals surface area contributed by atoms with Crippen LogP contribution in [0.5, 0.6) is 5.75 Å². The van der Waals surface area contributed by atoms with Gasteiger partial charge in [-0.05, 0) is 54.7 Å². The van der Waals surface area contributed by atoms with Gasteiger partial charge in [-0.2, -0.15) is 0 Å². The smallest absolute Gasteiger partial charge is 0.308 e. The lowest BCUT2D eigenvalue weighted by Gasteiger charge is -2.36.